The number of aliphatic imine (C=N–C) groups is 1. The molecule has 1 amide bonds. The Labute approximate surface area is 174 Å². The summed E-state index contributed by atoms with van der Waals surface area (Å²) in [5.74, 6) is 0.329. The van der Waals surface area contributed by atoms with Gasteiger partial charge in [0.25, 0.3) is 0 Å². The molecule has 29 heavy (non-hydrogen) atoms. The predicted octanol–water partition coefficient (Wildman–Crippen LogP) is 2.92. The molecule has 6 heteroatoms. The van der Waals surface area contributed by atoms with Gasteiger partial charge in [0.15, 0.2) is 5.96 Å². The lowest BCUT2D eigenvalue weighted by atomic mass is 10.1. The molecule has 2 aromatic rings. The van der Waals surface area contributed by atoms with Crippen LogP contribution in [0.1, 0.15) is 48.3 Å². The number of guanidine groups is 1. The summed E-state index contributed by atoms with van der Waals surface area (Å²) in [6.07, 6.45) is 0. The molecular formula is C23H33N5O. The monoisotopic (exact) mass is 395 g/mol. The number of carbonyl (C=O) groups is 1. The van der Waals surface area contributed by atoms with Gasteiger partial charge in [-0.05, 0) is 43.3 Å². The van der Waals surface area contributed by atoms with Crippen molar-refractivity contribution in [3.05, 3.63) is 71.3 Å². The van der Waals surface area contributed by atoms with Crippen molar-refractivity contribution in [2.75, 3.05) is 26.2 Å². The zero-order valence-electron chi connectivity index (χ0n) is 17.7. The molecule has 0 aliphatic rings. The van der Waals surface area contributed by atoms with Crippen LogP contribution >= 0.6 is 0 Å². The molecule has 4 N–H and O–H groups in total. The molecule has 0 fully saturated rings. The van der Waals surface area contributed by atoms with E-state index in [1.807, 2.05) is 25.1 Å². The highest BCUT2D eigenvalue weighted by atomic mass is 16.1. The van der Waals surface area contributed by atoms with Gasteiger partial charge in [0.1, 0.15) is 0 Å². The highest BCUT2D eigenvalue weighted by Crippen LogP contribution is 2.19. The zero-order valence-corrected chi connectivity index (χ0v) is 17.7. The molecule has 6 nitrogen and oxygen atoms in total. The summed E-state index contributed by atoms with van der Waals surface area (Å²) in [5.41, 5.74) is 8.11. The van der Waals surface area contributed by atoms with Gasteiger partial charge < -0.3 is 16.4 Å². The molecule has 0 saturated heterocycles. The highest BCUT2D eigenvalue weighted by Gasteiger charge is 2.18. The summed E-state index contributed by atoms with van der Waals surface area (Å²) in [6.45, 7) is 10.4. The molecule has 1 atom stereocenters. The number of likely N-dealkylation sites (N-methyl/N-ethyl adjacent to an activating group) is 1. The number of amides is 1. The van der Waals surface area contributed by atoms with Gasteiger partial charge in [-0.2, -0.15) is 0 Å². The molecule has 0 aliphatic heterocycles. The van der Waals surface area contributed by atoms with Crippen LogP contribution in [0, 0.1) is 0 Å². The average molecular weight is 396 g/mol. The standard InChI is InChI=1S/C23H33N5O/c1-4-25-23(26-16-18-11-10-14-20(15-18)22(24)29)27-17-21(28(5-2)6-3)19-12-8-7-9-13-19/h7-15,21H,4-6,16-17H2,1-3H3,(H2,24,29)(H2,25,26,27). The van der Waals surface area contributed by atoms with E-state index >= 15 is 0 Å². The maximum Gasteiger partial charge on any atom is 0.248 e. The molecular weight excluding hydrogens is 362 g/mol. The number of primary amides is 1. The first-order valence-electron chi connectivity index (χ1n) is 10.3. The second-order valence-electron chi connectivity index (χ2n) is 6.79. The minimum Gasteiger partial charge on any atom is -0.366 e. The van der Waals surface area contributed by atoms with Gasteiger partial charge in [-0.1, -0.05) is 56.3 Å². The molecule has 0 aliphatic carbocycles. The Morgan fingerprint density at radius 3 is 2.38 bits per heavy atom. The third kappa shape index (κ3) is 6.91. The van der Waals surface area contributed by atoms with Gasteiger partial charge in [-0.25, -0.2) is 4.99 Å². The number of rotatable bonds is 10. The Hall–Kier alpha value is -2.86. The Morgan fingerprint density at radius 1 is 1.03 bits per heavy atom. The van der Waals surface area contributed by atoms with Crippen molar-refractivity contribution in [2.45, 2.75) is 33.4 Å². The van der Waals surface area contributed by atoms with E-state index in [1.165, 1.54) is 5.56 Å². The number of hydrogen-bond donors (Lipinski definition) is 3. The smallest absolute Gasteiger partial charge is 0.248 e. The van der Waals surface area contributed by atoms with Crippen LogP contribution in [0.25, 0.3) is 0 Å². The molecule has 2 rings (SSSR count). The molecule has 2 aromatic carbocycles. The molecule has 0 heterocycles. The lowest BCUT2D eigenvalue weighted by Crippen LogP contribution is -2.43. The maximum atomic E-state index is 11.4. The lowest BCUT2D eigenvalue weighted by Gasteiger charge is -2.30. The van der Waals surface area contributed by atoms with Gasteiger partial charge in [0, 0.05) is 18.7 Å². The molecule has 1 unspecified atom stereocenters. The molecule has 0 bridgehead atoms. The lowest BCUT2D eigenvalue weighted by molar-refractivity contribution is 0.1000. The maximum absolute atomic E-state index is 11.4. The number of hydrogen-bond acceptors (Lipinski definition) is 3. The van der Waals surface area contributed by atoms with E-state index in [1.54, 1.807) is 12.1 Å². The fourth-order valence-corrected chi connectivity index (χ4v) is 3.33. The van der Waals surface area contributed by atoms with Gasteiger partial charge in [-0.15, -0.1) is 0 Å². The molecule has 0 aromatic heterocycles. The Balaban J connectivity index is 2.12. The van der Waals surface area contributed by atoms with Crippen LogP contribution in [0.5, 0.6) is 0 Å². The molecule has 0 saturated carbocycles. The van der Waals surface area contributed by atoms with Gasteiger partial charge >= 0.3 is 0 Å². The summed E-state index contributed by atoms with van der Waals surface area (Å²) in [5, 5.41) is 6.78. The summed E-state index contributed by atoms with van der Waals surface area (Å²) in [7, 11) is 0. The molecule has 0 spiro atoms. The average Bonchev–Trinajstić information content (AvgIpc) is 2.75. The second kappa shape index (κ2) is 11.9. The Morgan fingerprint density at radius 2 is 1.76 bits per heavy atom. The van der Waals surface area contributed by atoms with Crippen LogP contribution in [-0.4, -0.2) is 42.9 Å². The first kappa shape index (κ1) is 22.4. The molecule has 156 valence electrons. The van der Waals surface area contributed by atoms with E-state index in [0.29, 0.717) is 12.1 Å². The van der Waals surface area contributed by atoms with Crippen molar-refractivity contribution in [1.29, 1.82) is 0 Å². The number of nitrogens with one attached hydrogen (secondary N) is 2. The van der Waals surface area contributed by atoms with Crippen molar-refractivity contribution in [2.24, 2.45) is 10.7 Å². The summed E-state index contributed by atoms with van der Waals surface area (Å²) in [4.78, 5) is 18.5. The summed E-state index contributed by atoms with van der Waals surface area (Å²) < 4.78 is 0. The largest absolute Gasteiger partial charge is 0.366 e. The van der Waals surface area contributed by atoms with Crippen molar-refractivity contribution < 1.29 is 4.79 Å². The minimum absolute atomic E-state index is 0.258. The van der Waals surface area contributed by atoms with E-state index in [0.717, 1.165) is 37.7 Å². The highest BCUT2D eigenvalue weighted by molar-refractivity contribution is 5.92. The minimum atomic E-state index is -0.425. The normalized spacial score (nSPS) is 12.6. The van der Waals surface area contributed by atoms with Crippen LogP contribution in [0.3, 0.4) is 0 Å². The van der Waals surface area contributed by atoms with Crippen LogP contribution in [0.4, 0.5) is 0 Å². The van der Waals surface area contributed by atoms with Crippen LogP contribution < -0.4 is 16.4 Å². The Kier molecular flexibility index (Phi) is 9.18. The van der Waals surface area contributed by atoms with E-state index in [-0.39, 0.29) is 6.04 Å². The fraction of sp³-hybridized carbons (Fsp3) is 0.391. The van der Waals surface area contributed by atoms with E-state index < -0.39 is 5.91 Å². The third-order valence-corrected chi connectivity index (χ3v) is 4.88. The van der Waals surface area contributed by atoms with Crippen LogP contribution in [0.15, 0.2) is 59.6 Å². The zero-order chi connectivity index (χ0) is 21.1. The van der Waals surface area contributed by atoms with Crippen molar-refractivity contribution in [3.63, 3.8) is 0 Å². The van der Waals surface area contributed by atoms with E-state index in [4.69, 9.17) is 5.73 Å². The summed E-state index contributed by atoms with van der Waals surface area (Å²) >= 11 is 0. The number of benzene rings is 2. The van der Waals surface area contributed by atoms with Crippen molar-refractivity contribution in [1.82, 2.24) is 15.5 Å². The van der Waals surface area contributed by atoms with E-state index in [9.17, 15) is 4.79 Å². The number of carbonyl (C=O) groups excluding carboxylic acids is 1. The number of nitrogens with zero attached hydrogens (tertiary/aromatic N) is 2. The fourth-order valence-electron chi connectivity index (χ4n) is 3.33. The van der Waals surface area contributed by atoms with Gasteiger partial charge in [0.2, 0.25) is 5.91 Å². The summed E-state index contributed by atoms with van der Waals surface area (Å²) in [6, 6.07) is 18.1. The molecule has 0 radical (unpaired) electrons. The van der Waals surface area contributed by atoms with Gasteiger partial charge in [-0.3, -0.25) is 9.69 Å². The van der Waals surface area contributed by atoms with Gasteiger partial charge in [0.05, 0.1) is 12.6 Å². The second-order valence-corrected chi connectivity index (χ2v) is 6.79. The van der Waals surface area contributed by atoms with Crippen LogP contribution in [0.2, 0.25) is 0 Å². The van der Waals surface area contributed by atoms with Crippen molar-refractivity contribution >= 4 is 11.9 Å². The first-order chi connectivity index (χ1) is 14.1. The SMILES string of the molecule is CCNC(=NCc1cccc(C(N)=O)c1)NCC(c1ccccc1)N(CC)CC. The Bertz CT molecular complexity index is 787. The number of nitrogens with two attached hydrogens (primary N) is 1. The quantitative estimate of drug-likeness (QED) is 0.427. The van der Waals surface area contributed by atoms with E-state index in [2.05, 4.69) is 58.6 Å². The van der Waals surface area contributed by atoms with Crippen LogP contribution in [-0.2, 0) is 6.54 Å². The predicted molar refractivity (Wildman–Crippen MR) is 120 cm³/mol. The van der Waals surface area contributed by atoms with Crippen molar-refractivity contribution in [3.8, 4) is 0 Å². The third-order valence-electron chi connectivity index (χ3n) is 4.88. The topological polar surface area (TPSA) is 82.7 Å². The first-order valence-corrected chi connectivity index (χ1v) is 10.3.